The number of rotatable bonds is 6. The first-order chi connectivity index (χ1) is 12.0. The monoisotopic (exact) mass is 508 g/mol. The minimum absolute atomic E-state index is 0.0138. The second-order valence-electron chi connectivity index (χ2n) is 4.91. The fourth-order valence-corrected chi connectivity index (χ4v) is 2.69. The van der Waals surface area contributed by atoms with E-state index in [1.54, 1.807) is 30.3 Å². The van der Waals surface area contributed by atoms with Crippen molar-refractivity contribution in [2.24, 2.45) is 0 Å². The Morgan fingerprint density at radius 3 is 2.68 bits per heavy atom. The van der Waals surface area contributed by atoms with Crippen molar-refractivity contribution in [3.63, 3.8) is 0 Å². The van der Waals surface area contributed by atoms with E-state index in [1.165, 1.54) is 6.08 Å². The number of nitrogens with zero attached hydrogens (tertiary/aromatic N) is 1. The van der Waals surface area contributed by atoms with Crippen molar-refractivity contribution in [2.75, 3.05) is 11.9 Å². The van der Waals surface area contributed by atoms with Gasteiger partial charge in [-0.25, -0.2) is 0 Å². The van der Waals surface area contributed by atoms with Gasteiger partial charge in [0.05, 0.1) is 0 Å². The van der Waals surface area contributed by atoms with Gasteiger partial charge in [-0.2, -0.15) is 5.26 Å². The van der Waals surface area contributed by atoms with Gasteiger partial charge in [0.2, 0.25) is 0 Å². The molecule has 0 spiro atoms. The van der Waals surface area contributed by atoms with Crippen molar-refractivity contribution < 1.29 is 9.53 Å². The van der Waals surface area contributed by atoms with Crippen LogP contribution in [0.15, 0.2) is 65.2 Å². The zero-order valence-electron chi connectivity index (χ0n) is 13.1. The van der Waals surface area contributed by atoms with E-state index in [9.17, 15) is 10.1 Å². The second-order valence-corrected chi connectivity index (χ2v) is 7.07. The van der Waals surface area contributed by atoms with Crippen LogP contribution in [0.1, 0.15) is 5.56 Å². The van der Waals surface area contributed by atoms with Crippen LogP contribution in [0.2, 0.25) is 0 Å². The Morgan fingerprint density at radius 2 is 2.04 bits per heavy atom. The number of nitriles is 1. The lowest BCUT2D eigenvalue weighted by Crippen LogP contribution is -2.13. The molecular formula is C19H14BrIN2O2. The van der Waals surface area contributed by atoms with Crippen molar-refractivity contribution in [1.29, 1.82) is 5.26 Å². The van der Waals surface area contributed by atoms with Crippen LogP contribution in [0.4, 0.5) is 5.69 Å². The first-order valence-electron chi connectivity index (χ1n) is 7.25. The molecule has 2 aromatic rings. The summed E-state index contributed by atoms with van der Waals surface area (Å²) >= 11 is 5.57. The molecule has 0 saturated heterocycles. The van der Waals surface area contributed by atoms with E-state index in [-0.39, 0.29) is 5.57 Å². The van der Waals surface area contributed by atoms with Gasteiger partial charge in [0.25, 0.3) is 5.91 Å². The number of halogens is 2. The summed E-state index contributed by atoms with van der Waals surface area (Å²) in [5.41, 5.74) is 1.24. The minimum Gasteiger partial charge on any atom is -0.489 e. The number of ether oxygens (including phenoxy) is 1. The predicted octanol–water partition coefficient (Wildman–Crippen LogP) is 5.16. The lowest BCUT2D eigenvalue weighted by Gasteiger charge is -2.09. The molecule has 1 N–H and O–H groups in total. The van der Waals surface area contributed by atoms with Gasteiger partial charge in [-0.1, -0.05) is 28.6 Å². The molecule has 1 amide bonds. The van der Waals surface area contributed by atoms with Crippen LogP contribution >= 0.6 is 38.5 Å². The summed E-state index contributed by atoms with van der Waals surface area (Å²) in [5, 5.41) is 12.1. The van der Waals surface area contributed by atoms with E-state index in [0.29, 0.717) is 23.6 Å². The summed E-state index contributed by atoms with van der Waals surface area (Å²) in [7, 11) is 0. The Balaban J connectivity index is 2.28. The largest absolute Gasteiger partial charge is 0.489 e. The van der Waals surface area contributed by atoms with E-state index in [0.717, 1.165) is 8.04 Å². The van der Waals surface area contributed by atoms with E-state index in [1.807, 2.05) is 24.3 Å². The highest BCUT2D eigenvalue weighted by molar-refractivity contribution is 14.1. The molecule has 25 heavy (non-hydrogen) atoms. The molecule has 0 heterocycles. The van der Waals surface area contributed by atoms with Gasteiger partial charge in [0.1, 0.15) is 24.0 Å². The molecule has 6 heteroatoms. The molecule has 0 aromatic heterocycles. The smallest absolute Gasteiger partial charge is 0.266 e. The highest BCUT2D eigenvalue weighted by Crippen LogP contribution is 2.26. The van der Waals surface area contributed by atoms with Gasteiger partial charge < -0.3 is 10.1 Å². The summed E-state index contributed by atoms with van der Waals surface area (Å²) < 4.78 is 7.45. The topological polar surface area (TPSA) is 62.1 Å². The first-order valence-corrected chi connectivity index (χ1v) is 9.12. The maximum Gasteiger partial charge on any atom is 0.266 e. The predicted molar refractivity (Wildman–Crippen MR) is 111 cm³/mol. The lowest BCUT2D eigenvalue weighted by molar-refractivity contribution is -0.112. The minimum atomic E-state index is -0.474. The molecule has 2 rings (SSSR count). The third kappa shape index (κ3) is 5.73. The molecule has 0 saturated carbocycles. The van der Waals surface area contributed by atoms with Crippen molar-refractivity contribution in [2.45, 2.75) is 0 Å². The lowest BCUT2D eigenvalue weighted by atomic mass is 10.1. The van der Waals surface area contributed by atoms with Crippen LogP contribution in [-0.4, -0.2) is 12.5 Å². The number of hydrogen-bond acceptors (Lipinski definition) is 3. The summed E-state index contributed by atoms with van der Waals surface area (Å²) in [5.74, 6) is 0.0938. The third-order valence-corrected chi connectivity index (χ3v) is 4.31. The first kappa shape index (κ1) is 19.2. The second kappa shape index (κ2) is 9.39. The number of benzene rings is 2. The van der Waals surface area contributed by atoms with Crippen molar-refractivity contribution in [3.05, 3.63) is 74.3 Å². The molecule has 0 aliphatic heterocycles. The zero-order valence-corrected chi connectivity index (χ0v) is 16.9. The Hall–Kier alpha value is -2.11. The van der Waals surface area contributed by atoms with Gasteiger partial charge in [-0.3, -0.25) is 4.79 Å². The quantitative estimate of drug-likeness (QED) is 0.253. The number of amides is 1. The summed E-state index contributed by atoms with van der Waals surface area (Å²) in [6, 6.07) is 14.6. The van der Waals surface area contributed by atoms with Gasteiger partial charge in [0, 0.05) is 19.3 Å². The van der Waals surface area contributed by atoms with Gasteiger partial charge in [0.15, 0.2) is 0 Å². The normalized spacial score (nSPS) is 10.7. The number of hydrogen-bond donors (Lipinski definition) is 1. The van der Waals surface area contributed by atoms with Crippen LogP contribution in [0, 0.1) is 14.9 Å². The Labute approximate surface area is 168 Å². The van der Waals surface area contributed by atoms with Gasteiger partial charge in [-0.15, -0.1) is 0 Å². The van der Waals surface area contributed by atoms with E-state index in [4.69, 9.17) is 4.74 Å². The average Bonchev–Trinajstić information content (AvgIpc) is 2.60. The van der Waals surface area contributed by atoms with E-state index in [2.05, 4.69) is 50.4 Å². The van der Waals surface area contributed by atoms with Crippen LogP contribution in [0.25, 0.3) is 6.08 Å². The van der Waals surface area contributed by atoms with E-state index >= 15 is 0 Å². The molecule has 0 fully saturated rings. The molecule has 0 aliphatic carbocycles. The number of carbonyl (C=O) groups excluding carboxylic acids is 1. The molecule has 4 nitrogen and oxygen atoms in total. The van der Waals surface area contributed by atoms with Crippen molar-refractivity contribution in [3.8, 4) is 11.8 Å². The molecule has 0 unspecified atom stereocenters. The number of anilines is 1. The molecule has 126 valence electrons. The number of nitrogens with one attached hydrogen (secondary N) is 1. The Bertz CT molecular complexity index is 855. The molecule has 2 aromatic carbocycles. The van der Waals surface area contributed by atoms with Crippen LogP contribution < -0.4 is 10.1 Å². The molecular weight excluding hydrogens is 495 g/mol. The molecule has 0 atom stereocenters. The van der Waals surface area contributed by atoms with Gasteiger partial charge >= 0.3 is 0 Å². The van der Waals surface area contributed by atoms with Gasteiger partial charge in [-0.05, 0) is 71.1 Å². The zero-order chi connectivity index (χ0) is 18.2. The van der Waals surface area contributed by atoms with E-state index < -0.39 is 5.91 Å². The Morgan fingerprint density at radius 1 is 1.32 bits per heavy atom. The molecule has 0 aliphatic rings. The van der Waals surface area contributed by atoms with Crippen molar-refractivity contribution >= 4 is 56.2 Å². The summed E-state index contributed by atoms with van der Waals surface area (Å²) in [6.45, 7) is 3.95. The average molecular weight is 509 g/mol. The number of carbonyl (C=O) groups is 1. The molecule has 0 radical (unpaired) electrons. The fraction of sp³-hybridized carbons (Fsp3) is 0.0526. The SMILES string of the molecule is C=CCOc1ccc(Br)cc1/C=C(\C#N)C(=O)Nc1ccc(I)cc1. The maximum atomic E-state index is 12.4. The maximum absolute atomic E-state index is 12.4. The molecule has 0 bridgehead atoms. The highest BCUT2D eigenvalue weighted by Gasteiger charge is 2.12. The Kier molecular flexibility index (Phi) is 7.22. The highest BCUT2D eigenvalue weighted by atomic mass is 127. The van der Waals surface area contributed by atoms with Crippen LogP contribution in [0.3, 0.4) is 0 Å². The van der Waals surface area contributed by atoms with Crippen LogP contribution in [0.5, 0.6) is 5.75 Å². The standard InChI is InChI=1S/C19H14BrIN2O2/c1-2-9-25-18-8-3-15(20)11-13(18)10-14(12-22)19(24)23-17-6-4-16(21)5-7-17/h2-8,10-11H,1,9H2,(H,23,24)/b14-10+. The fourth-order valence-electron chi connectivity index (χ4n) is 1.95. The summed E-state index contributed by atoms with van der Waals surface area (Å²) in [4.78, 5) is 12.4. The van der Waals surface area contributed by atoms with Crippen LogP contribution in [-0.2, 0) is 4.79 Å². The summed E-state index contributed by atoms with van der Waals surface area (Å²) in [6.07, 6.45) is 3.13. The van der Waals surface area contributed by atoms with Crippen molar-refractivity contribution in [1.82, 2.24) is 0 Å². The third-order valence-electron chi connectivity index (χ3n) is 3.10.